The number of carbonyl (C=O) groups is 1. The minimum absolute atomic E-state index is 0.0172. The second-order valence-electron chi connectivity index (χ2n) is 11.7. The van der Waals surface area contributed by atoms with Crippen LogP contribution in [0.5, 0.6) is 23.0 Å². The topological polar surface area (TPSA) is 75.7 Å². The van der Waals surface area contributed by atoms with Gasteiger partial charge in [-0.05, 0) is 37.1 Å². The molecule has 0 bridgehead atoms. The molecule has 0 saturated carbocycles. The van der Waals surface area contributed by atoms with Crippen LogP contribution in [-0.4, -0.2) is 76.2 Å². The maximum Gasteiger partial charge on any atom is 0.248 e. The summed E-state index contributed by atoms with van der Waals surface area (Å²) in [6, 6.07) is 15.1. The summed E-state index contributed by atoms with van der Waals surface area (Å²) in [6.45, 7) is 8.04. The number of amides is 1. The summed E-state index contributed by atoms with van der Waals surface area (Å²) in [7, 11) is 0. The van der Waals surface area contributed by atoms with Crippen molar-refractivity contribution in [1.29, 1.82) is 0 Å². The molecule has 252 valence electrons. The van der Waals surface area contributed by atoms with Gasteiger partial charge in [0.1, 0.15) is 39.1 Å². The van der Waals surface area contributed by atoms with Gasteiger partial charge in [-0.1, -0.05) is 102 Å². The lowest BCUT2D eigenvalue weighted by atomic mass is 10.1. The fourth-order valence-corrected chi connectivity index (χ4v) is 5.22. The van der Waals surface area contributed by atoms with Gasteiger partial charge in [0, 0.05) is 13.1 Å². The van der Waals surface area contributed by atoms with Crippen molar-refractivity contribution in [2.24, 2.45) is 0 Å². The molecule has 0 aromatic heterocycles. The van der Waals surface area contributed by atoms with E-state index in [-0.39, 0.29) is 25.7 Å². The molecule has 0 N–H and O–H groups in total. The van der Waals surface area contributed by atoms with E-state index in [4.69, 9.17) is 28.4 Å². The van der Waals surface area contributed by atoms with Crippen LogP contribution >= 0.6 is 0 Å². The first-order valence-corrected chi connectivity index (χ1v) is 17.4. The fourth-order valence-electron chi connectivity index (χ4n) is 5.22. The van der Waals surface area contributed by atoms with E-state index in [0.29, 0.717) is 49.4 Å². The lowest BCUT2D eigenvalue weighted by molar-refractivity contribution is -0.139. The Hall–Kier alpha value is -2.97. The van der Waals surface area contributed by atoms with E-state index < -0.39 is 6.10 Å². The molecule has 0 unspecified atom stereocenters. The highest BCUT2D eigenvalue weighted by molar-refractivity contribution is 5.77. The van der Waals surface area contributed by atoms with Gasteiger partial charge >= 0.3 is 0 Å². The van der Waals surface area contributed by atoms with Gasteiger partial charge in [0.25, 0.3) is 0 Å². The average molecular weight is 628 g/mol. The van der Waals surface area contributed by atoms with Crippen molar-refractivity contribution in [3.05, 3.63) is 48.5 Å². The van der Waals surface area contributed by atoms with Crippen molar-refractivity contribution in [2.45, 2.75) is 97.0 Å². The molecule has 0 atom stereocenters. The standard InChI is InChI=1S/C37H57NO7/c1-3-5-7-9-11-17-23-38(24-18-12-10-8-6-4-2)37(39)31-43-32-29-44-35-21-15-13-19-33(35)41-27-25-40-26-28-42-34-20-14-16-22-36(34)45-30-32/h13-16,19-22,32H,3-12,17-18,23-31H2,1-2H3. The Balaban J connectivity index is 1.64. The van der Waals surface area contributed by atoms with E-state index in [2.05, 4.69) is 13.8 Å². The normalized spacial score (nSPS) is 14.6. The molecule has 0 spiro atoms. The molecule has 1 heterocycles. The molecular weight excluding hydrogens is 570 g/mol. The molecule has 0 radical (unpaired) electrons. The highest BCUT2D eigenvalue weighted by atomic mass is 16.6. The SMILES string of the molecule is CCCCCCCCN(CCCCCCCC)C(=O)COC1COc2ccccc2OCCOCCOc2ccccc2OC1. The number of rotatable bonds is 17. The van der Waals surface area contributed by atoms with Crippen molar-refractivity contribution < 1.29 is 33.2 Å². The number of hydrogen-bond acceptors (Lipinski definition) is 7. The van der Waals surface area contributed by atoms with Gasteiger partial charge in [-0.2, -0.15) is 0 Å². The highest BCUT2D eigenvalue weighted by Gasteiger charge is 2.20. The molecule has 45 heavy (non-hydrogen) atoms. The quantitative estimate of drug-likeness (QED) is 0.165. The van der Waals surface area contributed by atoms with Gasteiger partial charge in [-0.15, -0.1) is 0 Å². The summed E-state index contributed by atoms with van der Waals surface area (Å²) in [5.74, 6) is 2.52. The third-order valence-corrected chi connectivity index (χ3v) is 7.88. The fraction of sp³-hybridized carbons (Fsp3) is 0.649. The molecule has 3 rings (SSSR count). The molecular formula is C37H57NO7. The van der Waals surface area contributed by atoms with Crippen molar-refractivity contribution in [3.8, 4) is 23.0 Å². The van der Waals surface area contributed by atoms with Crippen molar-refractivity contribution in [2.75, 3.05) is 59.3 Å². The summed E-state index contributed by atoms with van der Waals surface area (Å²) in [4.78, 5) is 15.5. The Labute approximate surface area is 271 Å². The Bertz CT molecular complexity index is 977. The molecule has 0 saturated heterocycles. The molecule has 0 aliphatic carbocycles. The first-order valence-electron chi connectivity index (χ1n) is 17.4. The third-order valence-electron chi connectivity index (χ3n) is 7.88. The van der Waals surface area contributed by atoms with E-state index in [0.717, 1.165) is 38.8 Å². The number of para-hydroxylation sites is 4. The molecule has 2 aromatic carbocycles. The van der Waals surface area contributed by atoms with Gasteiger partial charge in [0.2, 0.25) is 5.91 Å². The largest absolute Gasteiger partial charge is 0.487 e. The Kier molecular flexibility index (Phi) is 19.0. The van der Waals surface area contributed by atoms with E-state index >= 15 is 0 Å². The van der Waals surface area contributed by atoms with Crippen LogP contribution in [0.4, 0.5) is 0 Å². The molecule has 8 heteroatoms. The molecule has 1 aliphatic heterocycles. The smallest absolute Gasteiger partial charge is 0.248 e. The monoisotopic (exact) mass is 627 g/mol. The second-order valence-corrected chi connectivity index (χ2v) is 11.7. The van der Waals surface area contributed by atoms with Crippen LogP contribution < -0.4 is 18.9 Å². The number of carbonyl (C=O) groups excluding carboxylic acids is 1. The van der Waals surface area contributed by atoms with Crippen molar-refractivity contribution in [1.82, 2.24) is 4.90 Å². The van der Waals surface area contributed by atoms with Crippen LogP contribution in [-0.2, 0) is 14.3 Å². The Morgan fingerprint density at radius 2 is 1.04 bits per heavy atom. The lowest BCUT2D eigenvalue weighted by Gasteiger charge is -2.25. The van der Waals surface area contributed by atoms with Crippen LogP contribution in [0.15, 0.2) is 48.5 Å². The van der Waals surface area contributed by atoms with Crippen LogP contribution in [0, 0.1) is 0 Å². The zero-order valence-electron chi connectivity index (χ0n) is 27.9. The van der Waals surface area contributed by atoms with E-state index in [1.54, 1.807) is 0 Å². The maximum absolute atomic E-state index is 13.5. The van der Waals surface area contributed by atoms with Crippen LogP contribution in [0.2, 0.25) is 0 Å². The lowest BCUT2D eigenvalue weighted by Crippen LogP contribution is -2.38. The first kappa shape index (κ1) is 36.5. The predicted molar refractivity (Wildman–Crippen MR) is 179 cm³/mol. The number of ether oxygens (including phenoxy) is 6. The van der Waals surface area contributed by atoms with Crippen molar-refractivity contribution in [3.63, 3.8) is 0 Å². The average Bonchev–Trinajstić information content (AvgIpc) is 3.06. The van der Waals surface area contributed by atoms with Crippen molar-refractivity contribution >= 4 is 5.91 Å². The zero-order valence-corrected chi connectivity index (χ0v) is 27.9. The third kappa shape index (κ3) is 15.2. The number of fused-ring (bicyclic) bond motifs is 2. The van der Waals surface area contributed by atoms with Crippen LogP contribution in [0.25, 0.3) is 0 Å². The van der Waals surface area contributed by atoms with Gasteiger partial charge in [0.05, 0.1) is 13.2 Å². The summed E-state index contributed by atoms with van der Waals surface area (Å²) in [5, 5.41) is 0. The minimum atomic E-state index is -0.490. The van der Waals surface area contributed by atoms with E-state index in [9.17, 15) is 4.79 Å². The van der Waals surface area contributed by atoms with E-state index in [1.165, 1.54) is 51.4 Å². The summed E-state index contributed by atoms with van der Waals surface area (Å²) in [6.07, 6.45) is 13.9. The van der Waals surface area contributed by atoms with Gasteiger partial charge in [0.15, 0.2) is 23.0 Å². The summed E-state index contributed by atoms with van der Waals surface area (Å²) >= 11 is 0. The molecule has 8 nitrogen and oxygen atoms in total. The van der Waals surface area contributed by atoms with E-state index in [1.807, 2.05) is 53.4 Å². The molecule has 0 fully saturated rings. The minimum Gasteiger partial charge on any atom is -0.487 e. The Morgan fingerprint density at radius 3 is 1.51 bits per heavy atom. The summed E-state index contributed by atoms with van der Waals surface area (Å²) in [5.41, 5.74) is 0. The number of nitrogens with zero attached hydrogens (tertiary/aromatic N) is 1. The molecule has 1 aliphatic rings. The Morgan fingerprint density at radius 1 is 0.622 bits per heavy atom. The number of hydrogen-bond donors (Lipinski definition) is 0. The zero-order chi connectivity index (χ0) is 31.8. The molecule has 2 aromatic rings. The molecule has 1 amide bonds. The van der Waals surface area contributed by atoms with Gasteiger partial charge < -0.3 is 33.3 Å². The maximum atomic E-state index is 13.5. The number of unbranched alkanes of at least 4 members (excludes halogenated alkanes) is 10. The highest BCUT2D eigenvalue weighted by Crippen LogP contribution is 2.28. The van der Waals surface area contributed by atoms with Crippen LogP contribution in [0.1, 0.15) is 90.9 Å². The van der Waals surface area contributed by atoms with Gasteiger partial charge in [-0.25, -0.2) is 0 Å². The van der Waals surface area contributed by atoms with Crippen LogP contribution in [0.3, 0.4) is 0 Å². The predicted octanol–water partition coefficient (Wildman–Crippen LogP) is 7.87. The van der Waals surface area contributed by atoms with Gasteiger partial charge in [-0.3, -0.25) is 4.79 Å². The second kappa shape index (κ2) is 23.4. The first-order chi connectivity index (χ1) is 22.2. The summed E-state index contributed by atoms with van der Waals surface area (Å²) < 4.78 is 36.1. The number of benzene rings is 2.